The number of anilines is 3. The zero-order valence-electron chi connectivity index (χ0n) is 23.4. The highest BCUT2D eigenvalue weighted by Crippen LogP contribution is 2.51. The Balaban J connectivity index is 1.49. The molecule has 1 aliphatic rings. The molecule has 0 spiro atoms. The summed E-state index contributed by atoms with van der Waals surface area (Å²) in [5.74, 6) is 1.77. The van der Waals surface area contributed by atoms with E-state index in [4.69, 9.17) is 9.97 Å². The van der Waals surface area contributed by atoms with Crippen molar-refractivity contribution in [3.63, 3.8) is 0 Å². The molecule has 0 atom stereocenters. The van der Waals surface area contributed by atoms with E-state index in [-0.39, 0.29) is 11.1 Å². The molecule has 1 fully saturated rings. The van der Waals surface area contributed by atoms with Crippen LogP contribution in [0.2, 0.25) is 0 Å². The summed E-state index contributed by atoms with van der Waals surface area (Å²) in [6.07, 6.45) is 3.97. The van der Waals surface area contributed by atoms with Crippen LogP contribution in [0.15, 0.2) is 91.0 Å². The zero-order valence-corrected chi connectivity index (χ0v) is 23.4. The maximum atomic E-state index is 4.91. The van der Waals surface area contributed by atoms with Gasteiger partial charge in [0.25, 0.3) is 0 Å². The largest absolute Gasteiger partial charge is 0.357 e. The van der Waals surface area contributed by atoms with Gasteiger partial charge in [0.1, 0.15) is 0 Å². The van der Waals surface area contributed by atoms with Gasteiger partial charge in [-0.05, 0) is 56.5 Å². The predicted octanol–water partition coefficient (Wildman–Crippen LogP) is 5.89. The third-order valence-corrected chi connectivity index (χ3v) is 8.47. The van der Waals surface area contributed by atoms with E-state index in [2.05, 4.69) is 119 Å². The lowest BCUT2D eigenvalue weighted by Gasteiger charge is -2.53. The highest BCUT2D eigenvalue weighted by Gasteiger charge is 2.48. The lowest BCUT2D eigenvalue weighted by atomic mass is 9.66. The average molecular weight is 522 g/mol. The molecule has 7 heteroatoms. The summed E-state index contributed by atoms with van der Waals surface area (Å²) in [6, 6.07) is 32.1. The number of rotatable bonds is 9. The smallest absolute Gasteiger partial charge is 0.232 e. The normalized spacial score (nSPS) is 20.9. The molecular formula is C32H39N7. The molecule has 0 aliphatic heterocycles. The molecule has 5 rings (SSSR count). The fourth-order valence-corrected chi connectivity index (χ4v) is 6.06. The van der Waals surface area contributed by atoms with E-state index in [1.165, 1.54) is 16.7 Å². The van der Waals surface area contributed by atoms with Crippen LogP contribution in [-0.4, -0.2) is 48.0 Å². The van der Waals surface area contributed by atoms with E-state index < -0.39 is 0 Å². The molecule has 1 heterocycles. The third kappa shape index (κ3) is 5.32. The highest BCUT2D eigenvalue weighted by atomic mass is 15.3. The SMILES string of the molecule is CNc1nc(NCc2ccccc2)nc(N(C)C2(c3ccccc3)CCC(c3ccccc3)(N(C)C)CC2)n1. The molecule has 0 bridgehead atoms. The molecule has 0 saturated heterocycles. The maximum absolute atomic E-state index is 4.91. The first kappa shape index (κ1) is 26.6. The molecule has 2 N–H and O–H groups in total. The van der Waals surface area contributed by atoms with E-state index in [1.807, 2.05) is 25.2 Å². The summed E-state index contributed by atoms with van der Waals surface area (Å²) in [5.41, 5.74) is 3.58. The van der Waals surface area contributed by atoms with Crippen LogP contribution >= 0.6 is 0 Å². The zero-order chi connectivity index (χ0) is 27.3. The second-order valence-electron chi connectivity index (χ2n) is 10.6. The first-order chi connectivity index (χ1) is 19.0. The second kappa shape index (κ2) is 11.4. The van der Waals surface area contributed by atoms with Crippen molar-refractivity contribution in [2.75, 3.05) is 43.7 Å². The van der Waals surface area contributed by atoms with E-state index in [0.29, 0.717) is 24.4 Å². The quantitative estimate of drug-likeness (QED) is 0.285. The first-order valence-corrected chi connectivity index (χ1v) is 13.7. The number of nitrogens with zero attached hydrogens (tertiary/aromatic N) is 5. The van der Waals surface area contributed by atoms with Gasteiger partial charge in [-0.15, -0.1) is 0 Å². The number of benzene rings is 3. The first-order valence-electron chi connectivity index (χ1n) is 13.7. The van der Waals surface area contributed by atoms with Gasteiger partial charge >= 0.3 is 0 Å². The van der Waals surface area contributed by atoms with Crippen molar-refractivity contribution in [1.82, 2.24) is 19.9 Å². The summed E-state index contributed by atoms with van der Waals surface area (Å²) in [4.78, 5) is 19.0. The second-order valence-corrected chi connectivity index (χ2v) is 10.6. The summed E-state index contributed by atoms with van der Waals surface area (Å²) >= 11 is 0. The highest BCUT2D eigenvalue weighted by molar-refractivity contribution is 5.48. The van der Waals surface area contributed by atoms with Gasteiger partial charge in [-0.2, -0.15) is 15.0 Å². The van der Waals surface area contributed by atoms with Crippen LogP contribution < -0.4 is 15.5 Å². The standard InChI is InChI=1S/C32H39N7/c1-33-28-35-29(34-24-25-14-8-5-9-15-25)37-30(36-28)39(4)32(27-18-12-7-13-19-27)22-20-31(21-23-32,38(2)3)26-16-10-6-11-17-26/h5-19H,20-24H2,1-4H3,(H2,33,34,35,36,37). The van der Waals surface area contributed by atoms with Crippen LogP contribution in [0, 0.1) is 0 Å². The van der Waals surface area contributed by atoms with Crippen LogP contribution in [0.5, 0.6) is 0 Å². The predicted molar refractivity (Wildman–Crippen MR) is 160 cm³/mol. The monoisotopic (exact) mass is 521 g/mol. The molecule has 3 aromatic carbocycles. The average Bonchev–Trinajstić information content (AvgIpc) is 3.00. The van der Waals surface area contributed by atoms with Gasteiger partial charge in [-0.3, -0.25) is 4.90 Å². The van der Waals surface area contributed by atoms with Gasteiger partial charge in [-0.25, -0.2) is 0 Å². The Kier molecular flexibility index (Phi) is 7.79. The Labute approximate surface area is 232 Å². The third-order valence-electron chi connectivity index (χ3n) is 8.47. The molecule has 202 valence electrons. The Morgan fingerprint density at radius 3 is 1.67 bits per heavy atom. The molecule has 1 aromatic heterocycles. The maximum Gasteiger partial charge on any atom is 0.232 e. The van der Waals surface area contributed by atoms with Crippen molar-refractivity contribution in [1.29, 1.82) is 0 Å². The lowest BCUT2D eigenvalue weighted by molar-refractivity contribution is 0.0642. The van der Waals surface area contributed by atoms with E-state index in [1.54, 1.807) is 0 Å². The van der Waals surface area contributed by atoms with Crippen molar-refractivity contribution in [2.24, 2.45) is 0 Å². The molecule has 0 unspecified atom stereocenters. The minimum absolute atomic E-state index is 0.0159. The minimum atomic E-state index is -0.251. The number of hydrogen-bond acceptors (Lipinski definition) is 7. The lowest BCUT2D eigenvalue weighted by Crippen LogP contribution is -2.54. The Bertz CT molecular complexity index is 1340. The van der Waals surface area contributed by atoms with E-state index in [0.717, 1.165) is 25.7 Å². The summed E-state index contributed by atoms with van der Waals surface area (Å²) in [5, 5.41) is 6.53. The van der Waals surface area contributed by atoms with Crippen LogP contribution in [0.25, 0.3) is 0 Å². The number of nitrogens with one attached hydrogen (secondary N) is 2. The van der Waals surface area contributed by atoms with Crippen molar-refractivity contribution >= 4 is 17.8 Å². The van der Waals surface area contributed by atoms with Crippen LogP contribution in [0.3, 0.4) is 0 Å². The molecule has 0 radical (unpaired) electrons. The Morgan fingerprint density at radius 1 is 0.641 bits per heavy atom. The van der Waals surface area contributed by atoms with E-state index >= 15 is 0 Å². The molecule has 7 nitrogen and oxygen atoms in total. The topological polar surface area (TPSA) is 69.2 Å². The fraction of sp³-hybridized carbons (Fsp3) is 0.344. The van der Waals surface area contributed by atoms with Gasteiger partial charge in [0.2, 0.25) is 17.8 Å². The van der Waals surface area contributed by atoms with Crippen molar-refractivity contribution in [3.05, 3.63) is 108 Å². The number of hydrogen-bond donors (Lipinski definition) is 2. The molecule has 1 saturated carbocycles. The van der Waals surface area contributed by atoms with Crippen LogP contribution in [0.4, 0.5) is 17.8 Å². The van der Waals surface area contributed by atoms with Crippen molar-refractivity contribution in [2.45, 2.75) is 43.3 Å². The van der Waals surface area contributed by atoms with Crippen LogP contribution in [0.1, 0.15) is 42.4 Å². The van der Waals surface area contributed by atoms with Crippen molar-refractivity contribution in [3.8, 4) is 0 Å². The molecule has 1 aliphatic carbocycles. The fourth-order valence-electron chi connectivity index (χ4n) is 6.06. The van der Waals surface area contributed by atoms with Gasteiger partial charge in [0, 0.05) is 26.2 Å². The minimum Gasteiger partial charge on any atom is -0.357 e. The van der Waals surface area contributed by atoms with Gasteiger partial charge < -0.3 is 15.5 Å². The van der Waals surface area contributed by atoms with Crippen LogP contribution in [-0.2, 0) is 17.6 Å². The van der Waals surface area contributed by atoms with Gasteiger partial charge in [0.05, 0.1) is 5.54 Å². The van der Waals surface area contributed by atoms with E-state index in [9.17, 15) is 0 Å². The molecule has 39 heavy (non-hydrogen) atoms. The summed E-state index contributed by atoms with van der Waals surface area (Å²) in [7, 11) is 8.40. The van der Waals surface area contributed by atoms with Gasteiger partial charge in [0.15, 0.2) is 0 Å². The molecule has 0 amide bonds. The number of aromatic nitrogens is 3. The summed E-state index contributed by atoms with van der Waals surface area (Å²) in [6.45, 7) is 0.642. The van der Waals surface area contributed by atoms with Gasteiger partial charge in [-0.1, -0.05) is 91.0 Å². The summed E-state index contributed by atoms with van der Waals surface area (Å²) < 4.78 is 0. The molecule has 4 aromatic rings. The Hall–Kier alpha value is -3.97. The Morgan fingerprint density at radius 2 is 1.13 bits per heavy atom. The molecular weight excluding hydrogens is 482 g/mol. The van der Waals surface area contributed by atoms with Crippen molar-refractivity contribution < 1.29 is 0 Å².